The van der Waals surface area contributed by atoms with Crippen LogP contribution < -0.4 is 5.32 Å². The van der Waals surface area contributed by atoms with Gasteiger partial charge in [-0.15, -0.1) is 0 Å². The Hall–Kier alpha value is -0.830. The molecule has 1 atom stereocenters. The molecule has 0 aromatic heterocycles. The van der Waals surface area contributed by atoms with Crippen molar-refractivity contribution in [1.29, 1.82) is 0 Å². The van der Waals surface area contributed by atoms with E-state index in [0.29, 0.717) is 6.42 Å². The summed E-state index contributed by atoms with van der Waals surface area (Å²) >= 11 is 3.40. The van der Waals surface area contributed by atoms with Gasteiger partial charge < -0.3 is 5.32 Å². The smallest absolute Gasteiger partial charge is 0.224 e. The highest BCUT2D eigenvalue weighted by atomic mass is 79.9. The Kier molecular flexibility index (Phi) is 6.41. The molecule has 1 aromatic carbocycles. The summed E-state index contributed by atoms with van der Waals surface area (Å²) in [7, 11) is 0. The second-order valence-corrected chi connectivity index (χ2v) is 5.70. The fraction of sp³-hybridized carbons (Fsp3) is 0.533. The Labute approximate surface area is 118 Å². The van der Waals surface area contributed by atoms with E-state index in [0.717, 1.165) is 23.7 Å². The van der Waals surface area contributed by atoms with E-state index in [9.17, 15) is 4.79 Å². The van der Waals surface area contributed by atoms with Crippen molar-refractivity contribution in [3.63, 3.8) is 0 Å². The maximum atomic E-state index is 11.9. The molecule has 1 amide bonds. The van der Waals surface area contributed by atoms with Crippen molar-refractivity contribution < 1.29 is 4.79 Å². The molecule has 3 heteroatoms. The van der Waals surface area contributed by atoms with E-state index >= 15 is 0 Å². The molecule has 0 bridgehead atoms. The molecule has 1 N–H and O–H groups in total. The van der Waals surface area contributed by atoms with Gasteiger partial charge in [-0.25, -0.2) is 0 Å². The van der Waals surface area contributed by atoms with E-state index in [4.69, 9.17) is 0 Å². The number of benzene rings is 1. The highest BCUT2D eigenvalue weighted by Crippen LogP contribution is 2.11. The van der Waals surface area contributed by atoms with Gasteiger partial charge in [-0.2, -0.15) is 0 Å². The summed E-state index contributed by atoms with van der Waals surface area (Å²) in [6.07, 6.45) is 2.58. The second-order valence-electron chi connectivity index (χ2n) is 4.91. The maximum absolute atomic E-state index is 11.9. The molecular weight excluding hydrogens is 290 g/mol. The molecule has 0 fully saturated rings. The summed E-state index contributed by atoms with van der Waals surface area (Å²) in [6, 6.07) is 6.50. The Bertz CT molecular complexity index is 403. The summed E-state index contributed by atoms with van der Waals surface area (Å²) in [6.45, 7) is 6.17. The highest BCUT2D eigenvalue weighted by Gasteiger charge is 2.09. The molecule has 0 aliphatic rings. The molecule has 1 unspecified atom stereocenters. The number of carbonyl (C=O) groups is 1. The molecule has 0 aliphatic heterocycles. The van der Waals surface area contributed by atoms with Crippen LogP contribution >= 0.6 is 15.9 Å². The number of rotatable bonds is 6. The van der Waals surface area contributed by atoms with Gasteiger partial charge in [0.15, 0.2) is 0 Å². The SMILES string of the molecule is Cc1ccc(C)c(CC(=O)NC(C)CCCBr)c1. The fourth-order valence-corrected chi connectivity index (χ4v) is 2.27. The fourth-order valence-electron chi connectivity index (χ4n) is 1.95. The standard InChI is InChI=1S/C15H22BrNO/c1-11-6-7-12(2)14(9-11)10-15(18)17-13(3)5-4-8-16/h6-7,9,13H,4-5,8,10H2,1-3H3,(H,17,18). The number of hydrogen-bond acceptors (Lipinski definition) is 1. The molecule has 2 nitrogen and oxygen atoms in total. The van der Waals surface area contributed by atoms with E-state index in [2.05, 4.69) is 60.2 Å². The van der Waals surface area contributed by atoms with Gasteiger partial charge in [0.05, 0.1) is 6.42 Å². The summed E-state index contributed by atoms with van der Waals surface area (Å²) in [5.74, 6) is 0.116. The Morgan fingerprint density at radius 2 is 2.11 bits per heavy atom. The van der Waals surface area contributed by atoms with E-state index in [1.807, 2.05) is 0 Å². The van der Waals surface area contributed by atoms with Crippen molar-refractivity contribution in [3.8, 4) is 0 Å². The van der Waals surface area contributed by atoms with E-state index in [1.54, 1.807) is 0 Å². The molecule has 1 rings (SSSR count). The Morgan fingerprint density at radius 1 is 1.39 bits per heavy atom. The highest BCUT2D eigenvalue weighted by molar-refractivity contribution is 9.09. The van der Waals surface area contributed by atoms with Gasteiger partial charge >= 0.3 is 0 Å². The van der Waals surface area contributed by atoms with Gasteiger partial charge in [-0.1, -0.05) is 39.7 Å². The van der Waals surface area contributed by atoms with Gasteiger partial charge in [0.1, 0.15) is 0 Å². The molecule has 0 aliphatic carbocycles. The van der Waals surface area contributed by atoms with Crippen molar-refractivity contribution in [2.24, 2.45) is 0 Å². The van der Waals surface area contributed by atoms with Crippen LogP contribution in [0.25, 0.3) is 0 Å². The number of hydrogen-bond donors (Lipinski definition) is 1. The maximum Gasteiger partial charge on any atom is 0.224 e. The van der Waals surface area contributed by atoms with Crippen LogP contribution in [-0.4, -0.2) is 17.3 Å². The lowest BCUT2D eigenvalue weighted by molar-refractivity contribution is -0.121. The second kappa shape index (κ2) is 7.57. The van der Waals surface area contributed by atoms with Crippen LogP contribution in [0.3, 0.4) is 0 Å². The Morgan fingerprint density at radius 3 is 2.78 bits per heavy atom. The first-order valence-corrected chi connectivity index (χ1v) is 7.56. The topological polar surface area (TPSA) is 29.1 Å². The third kappa shape index (κ3) is 5.21. The molecule has 18 heavy (non-hydrogen) atoms. The van der Waals surface area contributed by atoms with Crippen molar-refractivity contribution in [2.45, 2.75) is 46.1 Å². The average Bonchev–Trinajstić information content (AvgIpc) is 2.31. The van der Waals surface area contributed by atoms with E-state index in [1.165, 1.54) is 11.1 Å². The predicted molar refractivity (Wildman–Crippen MR) is 80.3 cm³/mol. The van der Waals surface area contributed by atoms with Crippen molar-refractivity contribution in [3.05, 3.63) is 34.9 Å². The summed E-state index contributed by atoms with van der Waals surface area (Å²) in [5.41, 5.74) is 3.51. The van der Waals surface area contributed by atoms with Crippen LogP contribution in [0.4, 0.5) is 0 Å². The summed E-state index contributed by atoms with van der Waals surface area (Å²) in [5, 5.41) is 4.04. The molecule has 100 valence electrons. The Balaban J connectivity index is 2.51. The van der Waals surface area contributed by atoms with Crippen LogP contribution in [-0.2, 0) is 11.2 Å². The number of alkyl halides is 1. The summed E-state index contributed by atoms with van der Waals surface area (Å²) in [4.78, 5) is 11.9. The molecule has 0 heterocycles. The first-order valence-electron chi connectivity index (χ1n) is 6.44. The number of halogens is 1. The quantitative estimate of drug-likeness (QED) is 0.800. The van der Waals surface area contributed by atoms with Crippen LogP contribution in [0.15, 0.2) is 18.2 Å². The van der Waals surface area contributed by atoms with Gasteiger partial charge in [-0.3, -0.25) is 4.79 Å². The minimum Gasteiger partial charge on any atom is -0.353 e. The lowest BCUT2D eigenvalue weighted by Crippen LogP contribution is -2.33. The van der Waals surface area contributed by atoms with Gasteiger partial charge in [0.25, 0.3) is 0 Å². The van der Waals surface area contributed by atoms with Crippen LogP contribution in [0.2, 0.25) is 0 Å². The van der Waals surface area contributed by atoms with Crippen molar-refractivity contribution in [2.75, 3.05) is 5.33 Å². The first-order chi connectivity index (χ1) is 8.52. The largest absolute Gasteiger partial charge is 0.353 e. The summed E-state index contributed by atoms with van der Waals surface area (Å²) < 4.78 is 0. The number of nitrogens with one attached hydrogen (secondary N) is 1. The normalized spacial score (nSPS) is 12.2. The zero-order chi connectivity index (χ0) is 13.5. The third-order valence-corrected chi connectivity index (χ3v) is 3.59. The lowest BCUT2D eigenvalue weighted by Gasteiger charge is -2.14. The minimum absolute atomic E-state index is 0.116. The number of amides is 1. The van der Waals surface area contributed by atoms with Crippen molar-refractivity contribution in [1.82, 2.24) is 5.32 Å². The molecule has 0 saturated heterocycles. The van der Waals surface area contributed by atoms with Gasteiger partial charge in [0, 0.05) is 11.4 Å². The molecular formula is C15H22BrNO. The van der Waals surface area contributed by atoms with E-state index in [-0.39, 0.29) is 11.9 Å². The lowest BCUT2D eigenvalue weighted by atomic mass is 10.0. The zero-order valence-electron chi connectivity index (χ0n) is 11.4. The van der Waals surface area contributed by atoms with E-state index < -0.39 is 0 Å². The monoisotopic (exact) mass is 311 g/mol. The van der Waals surface area contributed by atoms with Crippen LogP contribution in [0.1, 0.15) is 36.5 Å². The average molecular weight is 312 g/mol. The molecule has 0 saturated carbocycles. The molecule has 1 aromatic rings. The minimum atomic E-state index is 0.116. The van der Waals surface area contributed by atoms with Gasteiger partial charge in [0.2, 0.25) is 5.91 Å². The first kappa shape index (κ1) is 15.2. The van der Waals surface area contributed by atoms with Crippen molar-refractivity contribution >= 4 is 21.8 Å². The predicted octanol–water partition coefficient (Wildman–Crippen LogP) is 3.53. The number of carbonyl (C=O) groups excluding carboxylic acids is 1. The molecule has 0 spiro atoms. The zero-order valence-corrected chi connectivity index (χ0v) is 13.0. The molecule has 0 radical (unpaired) electrons. The van der Waals surface area contributed by atoms with Crippen LogP contribution in [0.5, 0.6) is 0 Å². The van der Waals surface area contributed by atoms with Crippen LogP contribution in [0, 0.1) is 13.8 Å². The number of aryl methyl sites for hydroxylation is 2. The third-order valence-electron chi connectivity index (χ3n) is 3.03. The van der Waals surface area contributed by atoms with Gasteiger partial charge in [-0.05, 0) is 44.7 Å².